The molecule has 0 radical (unpaired) electrons. The van der Waals surface area contributed by atoms with Gasteiger partial charge in [-0.05, 0) is 43.7 Å². The molecule has 130 valence electrons. The van der Waals surface area contributed by atoms with Crippen molar-refractivity contribution in [2.75, 3.05) is 0 Å². The Kier molecular flexibility index (Phi) is 4.91. The van der Waals surface area contributed by atoms with E-state index in [0.717, 1.165) is 17.3 Å². The molecule has 1 aliphatic rings. The van der Waals surface area contributed by atoms with Crippen LogP contribution in [0.4, 0.5) is 0 Å². The molecule has 1 amide bonds. The van der Waals surface area contributed by atoms with Gasteiger partial charge >= 0.3 is 0 Å². The third-order valence-corrected chi connectivity index (χ3v) is 7.71. The minimum atomic E-state index is -3.56. The van der Waals surface area contributed by atoms with Gasteiger partial charge in [0.1, 0.15) is 10.3 Å². The number of aryl methyl sites for hydroxylation is 1. The maximum Gasteiger partial charge on any atom is 0.275 e. The zero-order chi connectivity index (χ0) is 18.0. The molecule has 2 aromatic rings. The lowest BCUT2D eigenvalue weighted by molar-refractivity contribution is 0.0973. The number of aliphatic imine (C=N–C) groups is 1. The number of carbonyl (C=O) groups excluding carboxylic acids is 1. The van der Waals surface area contributed by atoms with E-state index in [1.54, 1.807) is 43.3 Å². The number of benzene rings is 1. The molecule has 2 heterocycles. The number of aromatic nitrogens is 1. The molecule has 8 heteroatoms. The maximum absolute atomic E-state index is 12.9. The van der Waals surface area contributed by atoms with E-state index < -0.39 is 26.4 Å². The minimum absolute atomic E-state index is 0.253. The van der Waals surface area contributed by atoms with Crippen LogP contribution >= 0.6 is 11.8 Å². The van der Waals surface area contributed by atoms with Gasteiger partial charge in [0.2, 0.25) is 0 Å². The molecule has 0 aliphatic carbocycles. The number of amides is 1. The van der Waals surface area contributed by atoms with Crippen LogP contribution < -0.4 is 5.32 Å². The number of nitrogens with zero attached hydrogens (tertiary/aromatic N) is 2. The molecule has 1 aromatic carbocycles. The quantitative estimate of drug-likeness (QED) is 0.890. The predicted molar refractivity (Wildman–Crippen MR) is 98.3 cm³/mol. The van der Waals surface area contributed by atoms with E-state index in [-0.39, 0.29) is 10.6 Å². The van der Waals surface area contributed by atoms with Crippen molar-refractivity contribution < 1.29 is 13.2 Å². The van der Waals surface area contributed by atoms with Crippen molar-refractivity contribution in [2.24, 2.45) is 4.99 Å². The fraction of sp³-hybridized carbons (Fsp3) is 0.235. The number of nitrogens with one attached hydrogen (secondary N) is 1. The van der Waals surface area contributed by atoms with Gasteiger partial charge in [-0.25, -0.2) is 8.42 Å². The van der Waals surface area contributed by atoms with Gasteiger partial charge in [0.25, 0.3) is 5.91 Å². The van der Waals surface area contributed by atoms with E-state index in [0.29, 0.717) is 5.17 Å². The second-order valence-electron chi connectivity index (χ2n) is 5.69. The first-order valence-electron chi connectivity index (χ1n) is 7.65. The molecular weight excluding hydrogens is 358 g/mol. The van der Waals surface area contributed by atoms with Crippen LogP contribution in [0.5, 0.6) is 0 Å². The molecule has 0 spiro atoms. The number of pyridine rings is 1. The van der Waals surface area contributed by atoms with Crippen molar-refractivity contribution in [3.63, 3.8) is 0 Å². The average Bonchev–Trinajstić information content (AvgIpc) is 2.96. The lowest BCUT2D eigenvalue weighted by atomic mass is 10.2. The summed E-state index contributed by atoms with van der Waals surface area (Å²) < 4.78 is 25.0. The van der Waals surface area contributed by atoms with Crippen molar-refractivity contribution in [3.8, 4) is 0 Å². The van der Waals surface area contributed by atoms with Crippen molar-refractivity contribution in [2.45, 2.75) is 29.4 Å². The Labute approximate surface area is 150 Å². The molecule has 3 rings (SSSR count). The van der Waals surface area contributed by atoms with Crippen LogP contribution in [-0.4, -0.2) is 35.1 Å². The summed E-state index contributed by atoms with van der Waals surface area (Å²) in [4.78, 5) is 20.7. The van der Waals surface area contributed by atoms with Crippen LogP contribution in [0.2, 0.25) is 0 Å². The summed E-state index contributed by atoms with van der Waals surface area (Å²) in [6.07, 6.45) is 1.52. The maximum atomic E-state index is 12.9. The molecule has 1 aromatic heterocycles. The van der Waals surface area contributed by atoms with Crippen molar-refractivity contribution in [1.29, 1.82) is 0 Å². The standard InChI is InChI=1S/C17H17N3O3S2/c1-11-6-5-7-13(10-11)25(22,23)16-12(2)19-17(24-16)20-15(21)14-8-3-4-9-18-14/h3-10,12,16H,1-2H3,(H,19,20,21). The zero-order valence-corrected chi connectivity index (χ0v) is 15.3. The van der Waals surface area contributed by atoms with Crippen LogP contribution in [0.25, 0.3) is 0 Å². The molecule has 25 heavy (non-hydrogen) atoms. The monoisotopic (exact) mass is 375 g/mol. The number of rotatable bonds is 3. The minimum Gasteiger partial charge on any atom is -0.300 e. The zero-order valence-electron chi connectivity index (χ0n) is 13.7. The third kappa shape index (κ3) is 3.74. The highest BCUT2D eigenvalue weighted by molar-refractivity contribution is 8.23. The average molecular weight is 375 g/mol. The highest BCUT2D eigenvalue weighted by Gasteiger charge is 2.39. The number of sulfone groups is 1. The van der Waals surface area contributed by atoms with E-state index in [4.69, 9.17) is 0 Å². The van der Waals surface area contributed by atoms with Crippen LogP contribution in [0, 0.1) is 6.92 Å². The van der Waals surface area contributed by atoms with Gasteiger partial charge in [0.05, 0.1) is 10.9 Å². The van der Waals surface area contributed by atoms with Crippen LogP contribution in [0.3, 0.4) is 0 Å². The van der Waals surface area contributed by atoms with Gasteiger partial charge in [-0.1, -0.05) is 30.0 Å². The predicted octanol–water partition coefficient (Wildman–Crippen LogP) is 2.41. The normalized spacial score (nSPS) is 20.2. The number of hydrogen-bond donors (Lipinski definition) is 1. The van der Waals surface area contributed by atoms with Crippen molar-refractivity contribution in [1.82, 2.24) is 10.3 Å². The third-order valence-electron chi connectivity index (χ3n) is 3.68. The summed E-state index contributed by atoms with van der Waals surface area (Å²) in [6.45, 7) is 3.57. The van der Waals surface area contributed by atoms with E-state index in [9.17, 15) is 13.2 Å². The number of hydrogen-bond acceptors (Lipinski definition) is 6. The van der Waals surface area contributed by atoms with Crippen LogP contribution in [0.1, 0.15) is 23.0 Å². The smallest absolute Gasteiger partial charge is 0.275 e. The molecule has 1 N–H and O–H groups in total. The summed E-state index contributed by atoms with van der Waals surface area (Å²) in [5.74, 6) is -0.410. The summed E-state index contributed by atoms with van der Waals surface area (Å²) in [7, 11) is -3.56. The second-order valence-corrected chi connectivity index (χ2v) is 9.19. The Morgan fingerprint density at radius 3 is 2.68 bits per heavy atom. The highest BCUT2D eigenvalue weighted by Crippen LogP contribution is 2.34. The van der Waals surface area contributed by atoms with E-state index in [1.807, 2.05) is 13.0 Å². The molecule has 6 nitrogen and oxygen atoms in total. The van der Waals surface area contributed by atoms with Gasteiger partial charge in [-0.3, -0.25) is 20.1 Å². The lowest BCUT2D eigenvalue weighted by Gasteiger charge is -2.14. The molecule has 0 fully saturated rings. The summed E-state index contributed by atoms with van der Waals surface area (Å²) >= 11 is 1.05. The molecular formula is C17H17N3O3S2. The molecule has 2 atom stereocenters. The Bertz CT molecular complexity index is 927. The lowest BCUT2D eigenvalue weighted by Crippen LogP contribution is -2.29. The molecule has 2 unspecified atom stereocenters. The molecule has 0 bridgehead atoms. The molecule has 0 saturated carbocycles. The van der Waals surface area contributed by atoms with Gasteiger partial charge < -0.3 is 0 Å². The second kappa shape index (κ2) is 6.97. The largest absolute Gasteiger partial charge is 0.300 e. The van der Waals surface area contributed by atoms with E-state index in [2.05, 4.69) is 15.3 Å². The Balaban J connectivity index is 1.76. The first-order valence-corrected chi connectivity index (χ1v) is 10.1. The Morgan fingerprint density at radius 2 is 2.00 bits per heavy atom. The van der Waals surface area contributed by atoms with E-state index >= 15 is 0 Å². The van der Waals surface area contributed by atoms with Crippen molar-refractivity contribution in [3.05, 3.63) is 59.9 Å². The summed E-state index contributed by atoms with van der Waals surface area (Å²) in [5.41, 5.74) is 1.13. The topological polar surface area (TPSA) is 88.5 Å². The molecule has 0 saturated heterocycles. The summed E-state index contributed by atoms with van der Waals surface area (Å²) in [5, 5.41) is 2.93. The fourth-order valence-electron chi connectivity index (χ4n) is 2.45. The van der Waals surface area contributed by atoms with Crippen molar-refractivity contribution >= 4 is 32.7 Å². The van der Waals surface area contributed by atoms with Crippen LogP contribution in [0.15, 0.2) is 58.5 Å². The SMILES string of the molecule is Cc1cccc(S(=O)(=O)C2SC(NC(=O)c3ccccn3)=NC2C)c1. The first kappa shape index (κ1) is 17.6. The highest BCUT2D eigenvalue weighted by atomic mass is 32.3. The van der Waals surface area contributed by atoms with Gasteiger partial charge in [0.15, 0.2) is 15.0 Å². The van der Waals surface area contributed by atoms with Gasteiger partial charge in [-0.15, -0.1) is 0 Å². The van der Waals surface area contributed by atoms with Crippen LogP contribution in [-0.2, 0) is 9.84 Å². The number of amidine groups is 1. The summed E-state index contributed by atoms with van der Waals surface area (Å²) in [6, 6.07) is 11.3. The first-order chi connectivity index (χ1) is 11.9. The van der Waals surface area contributed by atoms with Gasteiger partial charge in [-0.2, -0.15) is 0 Å². The van der Waals surface area contributed by atoms with Gasteiger partial charge in [0, 0.05) is 6.20 Å². The Morgan fingerprint density at radius 1 is 1.20 bits per heavy atom. The Hall–Kier alpha value is -2.19. The molecule has 1 aliphatic heterocycles. The van der Waals surface area contributed by atoms with E-state index in [1.165, 1.54) is 6.20 Å². The fourth-order valence-corrected chi connectivity index (χ4v) is 5.89. The number of carbonyl (C=O) groups is 1. The number of thioether (sulfide) groups is 1.